The quantitative estimate of drug-likeness (QED) is 0.638. The summed E-state index contributed by atoms with van der Waals surface area (Å²) < 4.78 is 0. The maximum Gasteiger partial charge on any atom is 0.271 e. The normalized spacial score (nSPS) is 11.6. The Morgan fingerprint density at radius 1 is 1.14 bits per heavy atom. The molecule has 0 saturated carbocycles. The van der Waals surface area contributed by atoms with Gasteiger partial charge in [0.25, 0.3) is 5.91 Å². The van der Waals surface area contributed by atoms with Gasteiger partial charge in [0.15, 0.2) is 0 Å². The van der Waals surface area contributed by atoms with Crippen LogP contribution in [0.25, 0.3) is 6.08 Å². The largest absolute Gasteiger partial charge is 0.271 e. The fourth-order valence-corrected chi connectivity index (χ4v) is 1.91. The number of nitrogens with zero attached hydrogens (tertiary/aromatic N) is 1. The molecule has 0 heterocycles. The van der Waals surface area contributed by atoms with Crippen molar-refractivity contribution in [2.45, 2.75) is 13.3 Å². The predicted molar refractivity (Wildman–Crippen MR) is 92.1 cm³/mol. The number of nitrogens with one attached hydrogen (secondary N) is 1. The minimum atomic E-state index is -0.254. The predicted octanol–water partition coefficient (Wildman–Crippen LogP) is 4.55. The fourth-order valence-electron chi connectivity index (χ4n) is 1.78. The summed E-state index contributed by atoms with van der Waals surface area (Å²) in [6.45, 7) is 1.99. The third kappa shape index (κ3) is 4.86. The highest BCUT2D eigenvalue weighted by Crippen LogP contribution is 2.09. The van der Waals surface area contributed by atoms with Crippen molar-refractivity contribution in [1.29, 1.82) is 0 Å². The number of halogens is 1. The molecule has 0 spiro atoms. The van der Waals surface area contributed by atoms with Crippen molar-refractivity contribution >= 4 is 29.3 Å². The average molecular weight is 313 g/mol. The van der Waals surface area contributed by atoms with E-state index in [0.29, 0.717) is 10.6 Å². The van der Waals surface area contributed by atoms with E-state index in [1.165, 1.54) is 0 Å². The van der Waals surface area contributed by atoms with Crippen LogP contribution in [0, 0.1) is 0 Å². The third-order valence-corrected chi connectivity index (χ3v) is 3.29. The second-order valence-electron chi connectivity index (χ2n) is 4.65. The van der Waals surface area contributed by atoms with Gasteiger partial charge in [0.05, 0.1) is 5.71 Å². The van der Waals surface area contributed by atoms with Crippen LogP contribution < -0.4 is 5.43 Å². The molecule has 0 saturated heterocycles. The number of hydrogen-bond acceptors (Lipinski definition) is 2. The minimum Gasteiger partial charge on any atom is -0.267 e. The molecular weight excluding hydrogens is 296 g/mol. The molecule has 4 heteroatoms. The van der Waals surface area contributed by atoms with Crippen molar-refractivity contribution in [2.24, 2.45) is 5.10 Å². The number of allylic oxidation sites excluding steroid dienone is 1. The standard InChI is InChI=1S/C18H17ClN2O/c1-2-17(13-8-14-6-4-3-5-7-14)20-21-18(22)15-9-11-16(19)12-10-15/h3-13H,2H2,1H3,(H,21,22)/b13-8+,20-17-. The Balaban J connectivity index is 2.01. The molecule has 0 aromatic heterocycles. The Morgan fingerprint density at radius 3 is 2.45 bits per heavy atom. The molecule has 0 atom stereocenters. The summed E-state index contributed by atoms with van der Waals surface area (Å²) in [4.78, 5) is 12.0. The van der Waals surface area contributed by atoms with Gasteiger partial charge in [-0.05, 0) is 42.3 Å². The summed E-state index contributed by atoms with van der Waals surface area (Å²) in [7, 11) is 0. The van der Waals surface area contributed by atoms with E-state index in [1.54, 1.807) is 24.3 Å². The van der Waals surface area contributed by atoms with Crippen molar-refractivity contribution < 1.29 is 4.79 Å². The molecule has 0 bridgehead atoms. The van der Waals surface area contributed by atoms with E-state index in [0.717, 1.165) is 17.7 Å². The molecule has 0 unspecified atom stereocenters. The highest BCUT2D eigenvalue weighted by atomic mass is 35.5. The molecule has 2 rings (SSSR count). The van der Waals surface area contributed by atoms with Crippen LogP contribution in [0.15, 0.2) is 65.8 Å². The van der Waals surface area contributed by atoms with Crippen LogP contribution in [0.4, 0.5) is 0 Å². The first-order valence-electron chi connectivity index (χ1n) is 7.04. The molecule has 2 aromatic rings. The Morgan fingerprint density at radius 2 is 1.82 bits per heavy atom. The number of amides is 1. The van der Waals surface area contributed by atoms with Crippen LogP contribution in [-0.4, -0.2) is 11.6 Å². The van der Waals surface area contributed by atoms with Gasteiger partial charge in [-0.25, -0.2) is 5.43 Å². The highest BCUT2D eigenvalue weighted by molar-refractivity contribution is 6.30. The molecule has 0 aliphatic carbocycles. The Kier molecular flexibility index (Phi) is 5.92. The maximum atomic E-state index is 12.0. The van der Waals surface area contributed by atoms with Gasteiger partial charge in [0.1, 0.15) is 0 Å². The summed E-state index contributed by atoms with van der Waals surface area (Å²) in [6, 6.07) is 16.6. The second kappa shape index (κ2) is 8.15. The van der Waals surface area contributed by atoms with E-state index < -0.39 is 0 Å². The lowest BCUT2D eigenvalue weighted by molar-refractivity contribution is 0.0955. The zero-order valence-electron chi connectivity index (χ0n) is 12.3. The molecule has 1 amide bonds. The first-order chi connectivity index (χ1) is 10.7. The van der Waals surface area contributed by atoms with Gasteiger partial charge in [0.2, 0.25) is 0 Å². The fraction of sp³-hybridized carbons (Fsp3) is 0.111. The number of rotatable bonds is 5. The summed E-state index contributed by atoms with van der Waals surface area (Å²) in [6.07, 6.45) is 4.60. The molecule has 112 valence electrons. The van der Waals surface area contributed by atoms with Gasteiger partial charge in [-0.15, -0.1) is 0 Å². The van der Waals surface area contributed by atoms with Gasteiger partial charge in [0, 0.05) is 10.6 Å². The zero-order valence-corrected chi connectivity index (χ0v) is 13.0. The van der Waals surface area contributed by atoms with Crippen molar-refractivity contribution in [3.63, 3.8) is 0 Å². The van der Waals surface area contributed by atoms with E-state index in [-0.39, 0.29) is 5.91 Å². The Labute approximate surface area is 135 Å². The van der Waals surface area contributed by atoms with Gasteiger partial charge in [-0.3, -0.25) is 4.79 Å². The Hall–Kier alpha value is -2.39. The van der Waals surface area contributed by atoms with Gasteiger partial charge < -0.3 is 0 Å². The molecule has 22 heavy (non-hydrogen) atoms. The van der Waals surface area contributed by atoms with Crippen molar-refractivity contribution in [1.82, 2.24) is 5.43 Å². The lowest BCUT2D eigenvalue weighted by atomic mass is 10.2. The summed E-state index contributed by atoms with van der Waals surface area (Å²) in [5.74, 6) is -0.254. The van der Waals surface area contributed by atoms with E-state index in [1.807, 2.05) is 49.4 Å². The molecule has 0 aliphatic rings. The van der Waals surface area contributed by atoms with Gasteiger partial charge in [-0.1, -0.05) is 54.9 Å². The smallest absolute Gasteiger partial charge is 0.267 e. The van der Waals surface area contributed by atoms with Crippen molar-refractivity contribution in [3.8, 4) is 0 Å². The van der Waals surface area contributed by atoms with Crippen LogP contribution in [-0.2, 0) is 0 Å². The van der Waals surface area contributed by atoms with E-state index in [2.05, 4.69) is 10.5 Å². The monoisotopic (exact) mass is 312 g/mol. The molecule has 3 nitrogen and oxygen atoms in total. The summed E-state index contributed by atoms with van der Waals surface area (Å²) in [5.41, 5.74) is 4.97. The third-order valence-electron chi connectivity index (χ3n) is 3.04. The highest BCUT2D eigenvalue weighted by Gasteiger charge is 2.03. The van der Waals surface area contributed by atoms with Crippen LogP contribution in [0.2, 0.25) is 5.02 Å². The number of hydrogen-bond donors (Lipinski definition) is 1. The van der Waals surface area contributed by atoms with Crippen LogP contribution in [0.3, 0.4) is 0 Å². The first-order valence-corrected chi connectivity index (χ1v) is 7.42. The summed E-state index contributed by atoms with van der Waals surface area (Å²) in [5, 5.41) is 4.75. The SMILES string of the molecule is CCC(/C=C/c1ccccc1)=N/NC(=O)c1ccc(Cl)cc1. The van der Waals surface area contributed by atoms with Gasteiger partial charge >= 0.3 is 0 Å². The molecule has 0 radical (unpaired) electrons. The number of hydrazone groups is 1. The van der Waals surface area contributed by atoms with Crippen molar-refractivity contribution in [2.75, 3.05) is 0 Å². The van der Waals surface area contributed by atoms with Crippen molar-refractivity contribution in [3.05, 3.63) is 76.8 Å². The summed E-state index contributed by atoms with van der Waals surface area (Å²) >= 11 is 5.80. The van der Waals surface area contributed by atoms with E-state index in [4.69, 9.17) is 11.6 Å². The minimum absolute atomic E-state index is 0.254. The molecule has 2 aromatic carbocycles. The maximum absolute atomic E-state index is 12.0. The van der Waals surface area contributed by atoms with E-state index >= 15 is 0 Å². The number of benzene rings is 2. The molecule has 0 fully saturated rings. The lowest BCUT2D eigenvalue weighted by Gasteiger charge is -2.02. The number of carbonyl (C=O) groups excluding carboxylic acids is 1. The second-order valence-corrected chi connectivity index (χ2v) is 5.08. The Bertz CT molecular complexity index is 676. The van der Waals surface area contributed by atoms with E-state index in [9.17, 15) is 4.79 Å². The molecule has 0 aliphatic heterocycles. The lowest BCUT2D eigenvalue weighted by Crippen LogP contribution is -2.19. The number of carbonyl (C=O) groups is 1. The zero-order chi connectivity index (χ0) is 15.8. The van der Waals surface area contributed by atoms with Gasteiger partial charge in [-0.2, -0.15) is 5.10 Å². The first kappa shape index (κ1) is 16.0. The van der Waals surface area contributed by atoms with Crippen LogP contribution in [0.1, 0.15) is 29.3 Å². The van der Waals surface area contributed by atoms with Crippen LogP contribution in [0.5, 0.6) is 0 Å². The molecule has 1 N–H and O–H groups in total. The topological polar surface area (TPSA) is 41.5 Å². The molecular formula is C18H17ClN2O. The average Bonchev–Trinajstić information content (AvgIpc) is 2.56. The van der Waals surface area contributed by atoms with Crippen LogP contribution >= 0.6 is 11.6 Å².